The number of hydrogen-bond donors (Lipinski definition) is 1. The lowest BCUT2D eigenvalue weighted by Crippen LogP contribution is -2.19. The smallest absolute Gasteiger partial charge is 0.317 e. The van der Waals surface area contributed by atoms with Gasteiger partial charge in [0.05, 0.1) is 0 Å². The molecule has 6 heteroatoms. The number of hydrogen-bond acceptors (Lipinski definition) is 5. The van der Waals surface area contributed by atoms with Crippen LogP contribution in [0.1, 0.15) is 30.1 Å². The fourth-order valence-electron chi connectivity index (χ4n) is 1.90. The third-order valence-corrected chi connectivity index (χ3v) is 5.13. The molecule has 3 rings (SSSR count). The molecule has 4 nitrogen and oxygen atoms in total. The molecule has 2 aromatic rings. The van der Waals surface area contributed by atoms with Crippen molar-refractivity contribution in [3.05, 3.63) is 41.7 Å². The van der Waals surface area contributed by atoms with Gasteiger partial charge in [-0.25, -0.2) is 4.98 Å². The number of carboxylic acids is 1. The molecular formula is C14H14N2O2S2. The number of benzene rings is 1. The Hall–Kier alpha value is -1.40. The van der Waals surface area contributed by atoms with Gasteiger partial charge in [-0.15, -0.1) is 0 Å². The second kappa shape index (κ2) is 5.93. The van der Waals surface area contributed by atoms with Gasteiger partial charge < -0.3 is 5.11 Å². The second-order valence-electron chi connectivity index (χ2n) is 4.83. The summed E-state index contributed by atoms with van der Waals surface area (Å²) in [5.41, 5.74) is 1.03. The summed E-state index contributed by atoms with van der Waals surface area (Å²) in [6.45, 7) is 0. The molecule has 0 saturated heterocycles. The number of carbonyl (C=O) groups is 1. The van der Waals surface area contributed by atoms with Gasteiger partial charge in [-0.05, 0) is 36.4 Å². The summed E-state index contributed by atoms with van der Waals surface area (Å²) in [6.07, 6.45) is 2.82. The molecule has 1 N–H and O–H groups in total. The van der Waals surface area contributed by atoms with E-state index in [9.17, 15) is 9.90 Å². The first-order valence-corrected chi connectivity index (χ1v) is 8.14. The first-order chi connectivity index (χ1) is 9.72. The first-order valence-electron chi connectivity index (χ1n) is 6.49. The summed E-state index contributed by atoms with van der Waals surface area (Å²) in [7, 11) is 0. The molecule has 1 aliphatic rings. The third kappa shape index (κ3) is 3.37. The zero-order valence-electron chi connectivity index (χ0n) is 10.7. The molecule has 0 spiro atoms. The molecule has 0 bridgehead atoms. The van der Waals surface area contributed by atoms with E-state index in [0.717, 1.165) is 28.6 Å². The zero-order valence-corrected chi connectivity index (χ0v) is 12.4. The molecule has 1 saturated carbocycles. The number of rotatable bonds is 6. The van der Waals surface area contributed by atoms with Gasteiger partial charge in [-0.2, -0.15) is 4.37 Å². The highest BCUT2D eigenvalue weighted by Gasteiger charge is 2.29. The number of aliphatic carboxylic acids is 1. The first kappa shape index (κ1) is 13.6. The second-order valence-corrected chi connectivity index (χ2v) is 7.03. The molecule has 0 radical (unpaired) electrons. The minimum atomic E-state index is -0.804. The molecule has 20 heavy (non-hydrogen) atoms. The summed E-state index contributed by atoms with van der Waals surface area (Å²) < 4.78 is 5.07. The Morgan fingerprint density at radius 2 is 2.15 bits per heavy atom. The third-order valence-electron chi connectivity index (χ3n) is 3.15. The number of carboxylic acid groups (broad SMARTS) is 1. The average Bonchev–Trinajstić information content (AvgIpc) is 3.19. The maximum Gasteiger partial charge on any atom is 0.317 e. The van der Waals surface area contributed by atoms with Crippen molar-refractivity contribution >= 4 is 29.3 Å². The van der Waals surface area contributed by atoms with Crippen LogP contribution in [0.5, 0.6) is 0 Å². The maximum atomic E-state index is 11.4. The Morgan fingerprint density at radius 1 is 1.40 bits per heavy atom. The van der Waals surface area contributed by atoms with E-state index in [-0.39, 0.29) is 0 Å². The highest BCUT2D eigenvalue weighted by atomic mass is 32.2. The SMILES string of the molecule is O=C(O)C(Cc1ccccc1)Sc1nc(C2CC2)ns1. The number of nitrogens with zero attached hydrogens (tertiary/aromatic N) is 2. The van der Waals surface area contributed by atoms with Gasteiger partial charge in [0, 0.05) is 5.92 Å². The minimum absolute atomic E-state index is 0.499. The van der Waals surface area contributed by atoms with Crippen molar-refractivity contribution in [1.29, 1.82) is 0 Å². The summed E-state index contributed by atoms with van der Waals surface area (Å²) in [5, 5.41) is 8.84. The fraction of sp³-hybridized carbons (Fsp3) is 0.357. The standard InChI is InChI=1S/C14H14N2O2S2/c17-13(18)11(8-9-4-2-1-3-5-9)19-14-15-12(16-20-14)10-6-7-10/h1-5,10-11H,6-8H2,(H,17,18). The molecule has 1 heterocycles. The Balaban J connectivity index is 1.68. The topological polar surface area (TPSA) is 63.1 Å². The lowest BCUT2D eigenvalue weighted by molar-refractivity contribution is -0.136. The van der Waals surface area contributed by atoms with E-state index in [1.165, 1.54) is 23.3 Å². The van der Waals surface area contributed by atoms with Crippen LogP contribution in [0.15, 0.2) is 34.7 Å². The van der Waals surface area contributed by atoms with Crippen LogP contribution in [0.25, 0.3) is 0 Å². The number of aromatic nitrogens is 2. The Kier molecular flexibility index (Phi) is 4.03. The van der Waals surface area contributed by atoms with Gasteiger partial charge in [0.2, 0.25) is 0 Å². The van der Waals surface area contributed by atoms with E-state index >= 15 is 0 Å². The van der Waals surface area contributed by atoms with E-state index in [2.05, 4.69) is 9.36 Å². The summed E-state index contributed by atoms with van der Waals surface area (Å²) >= 11 is 2.62. The van der Waals surface area contributed by atoms with E-state index in [1.54, 1.807) is 0 Å². The van der Waals surface area contributed by atoms with Crippen LogP contribution in [-0.4, -0.2) is 25.7 Å². The van der Waals surface area contributed by atoms with Gasteiger partial charge in [0.25, 0.3) is 0 Å². The van der Waals surface area contributed by atoms with Crippen molar-refractivity contribution in [1.82, 2.24) is 9.36 Å². The molecule has 104 valence electrons. The molecule has 1 unspecified atom stereocenters. The molecule has 0 aliphatic heterocycles. The van der Waals surface area contributed by atoms with Crippen LogP contribution in [0.2, 0.25) is 0 Å². The Labute approximate surface area is 125 Å². The van der Waals surface area contributed by atoms with Crippen LogP contribution in [-0.2, 0) is 11.2 Å². The van der Waals surface area contributed by atoms with Crippen LogP contribution in [0, 0.1) is 0 Å². The molecular weight excluding hydrogens is 292 g/mol. The molecule has 1 atom stereocenters. The van der Waals surface area contributed by atoms with Crippen LogP contribution in [0.4, 0.5) is 0 Å². The van der Waals surface area contributed by atoms with Gasteiger partial charge in [-0.1, -0.05) is 42.1 Å². The lowest BCUT2D eigenvalue weighted by Gasteiger charge is -2.09. The van der Waals surface area contributed by atoms with Crippen molar-refractivity contribution in [2.45, 2.75) is 34.8 Å². The summed E-state index contributed by atoms with van der Waals surface area (Å²) in [5.74, 6) is 0.598. The van der Waals surface area contributed by atoms with Gasteiger partial charge in [0.15, 0.2) is 4.34 Å². The van der Waals surface area contributed by atoms with Gasteiger partial charge in [0.1, 0.15) is 11.1 Å². The molecule has 1 aliphatic carbocycles. The summed E-state index contributed by atoms with van der Waals surface area (Å²) in [4.78, 5) is 15.8. The molecule has 1 aromatic carbocycles. The Bertz CT molecular complexity index is 596. The van der Waals surface area contributed by atoms with Crippen molar-refractivity contribution in [2.75, 3.05) is 0 Å². The maximum absolute atomic E-state index is 11.4. The molecule has 0 amide bonds. The Morgan fingerprint density at radius 3 is 2.80 bits per heavy atom. The monoisotopic (exact) mass is 306 g/mol. The molecule has 1 fully saturated rings. The van der Waals surface area contributed by atoms with Crippen LogP contribution < -0.4 is 0 Å². The van der Waals surface area contributed by atoms with E-state index < -0.39 is 11.2 Å². The van der Waals surface area contributed by atoms with Crippen molar-refractivity contribution in [3.8, 4) is 0 Å². The average molecular weight is 306 g/mol. The van der Waals surface area contributed by atoms with Gasteiger partial charge >= 0.3 is 5.97 Å². The number of thioether (sulfide) groups is 1. The molecule has 1 aromatic heterocycles. The lowest BCUT2D eigenvalue weighted by atomic mass is 10.1. The van der Waals surface area contributed by atoms with E-state index in [4.69, 9.17) is 0 Å². The van der Waals surface area contributed by atoms with Crippen LogP contribution >= 0.6 is 23.3 Å². The minimum Gasteiger partial charge on any atom is -0.480 e. The van der Waals surface area contributed by atoms with Crippen molar-refractivity contribution in [3.63, 3.8) is 0 Å². The zero-order chi connectivity index (χ0) is 13.9. The van der Waals surface area contributed by atoms with Crippen molar-refractivity contribution < 1.29 is 9.90 Å². The highest BCUT2D eigenvalue weighted by molar-refractivity contribution is 8.02. The summed E-state index contributed by atoms with van der Waals surface area (Å²) in [6, 6.07) is 9.68. The van der Waals surface area contributed by atoms with Gasteiger partial charge in [-0.3, -0.25) is 4.79 Å². The quantitative estimate of drug-likeness (QED) is 0.830. The van der Waals surface area contributed by atoms with E-state index in [1.807, 2.05) is 30.3 Å². The van der Waals surface area contributed by atoms with Crippen molar-refractivity contribution in [2.24, 2.45) is 0 Å². The van der Waals surface area contributed by atoms with Crippen LogP contribution in [0.3, 0.4) is 0 Å². The normalized spacial score (nSPS) is 16.0. The van der Waals surface area contributed by atoms with E-state index in [0.29, 0.717) is 12.3 Å². The highest BCUT2D eigenvalue weighted by Crippen LogP contribution is 2.40. The fourth-order valence-corrected chi connectivity index (χ4v) is 3.80. The largest absolute Gasteiger partial charge is 0.480 e. The predicted molar refractivity (Wildman–Crippen MR) is 79.3 cm³/mol. The predicted octanol–water partition coefficient (Wildman–Crippen LogP) is 3.20.